The highest BCUT2D eigenvalue weighted by molar-refractivity contribution is 7.89. The van der Waals surface area contributed by atoms with E-state index in [0.717, 1.165) is 4.31 Å². The van der Waals surface area contributed by atoms with Crippen LogP contribution in [0.4, 0.5) is 0 Å². The lowest BCUT2D eigenvalue weighted by molar-refractivity contribution is -0.150. The summed E-state index contributed by atoms with van der Waals surface area (Å²) in [6.07, 6.45) is 0.149. The Hall–Kier alpha value is -1.93. The maximum Gasteiger partial charge on any atom is 0.322 e. The SMILES string of the molecule is COC(=O)C1CCN(S(=O)(=O)c2ccccc2)C(C(=O)O)C1. The average molecular weight is 327 g/mol. The second kappa shape index (κ2) is 6.45. The number of nitrogens with zero attached hydrogens (tertiary/aromatic N) is 1. The number of carboxylic acids is 1. The summed E-state index contributed by atoms with van der Waals surface area (Å²) in [6.45, 7) is -0.0338. The molecule has 0 saturated carbocycles. The van der Waals surface area contributed by atoms with Crippen LogP contribution in [0.25, 0.3) is 0 Å². The van der Waals surface area contributed by atoms with Crippen LogP contribution in [0.15, 0.2) is 35.2 Å². The van der Waals surface area contributed by atoms with Crippen molar-refractivity contribution in [1.29, 1.82) is 0 Å². The number of carbonyl (C=O) groups is 2. The zero-order chi connectivity index (χ0) is 16.3. The number of hydrogen-bond acceptors (Lipinski definition) is 5. The van der Waals surface area contributed by atoms with Gasteiger partial charge in [-0.1, -0.05) is 18.2 Å². The number of methoxy groups -OCH3 is 1. The van der Waals surface area contributed by atoms with Crippen molar-refractivity contribution >= 4 is 22.0 Å². The van der Waals surface area contributed by atoms with E-state index in [-0.39, 0.29) is 24.3 Å². The molecular weight excluding hydrogens is 310 g/mol. The van der Waals surface area contributed by atoms with Gasteiger partial charge in [-0.15, -0.1) is 0 Å². The van der Waals surface area contributed by atoms with Crippen LogP contribution in [0.1, 0.15) is 12.8 Å². The van der Waals surface area contributed by atoms with Crippen LogP contribution in [-0.2, 0) is 24.3 Å². The molecule has 0 spiro atoms. The molecule has 120 valence electrons. The first-order valence-electron chi connectivity index (χ1n) is 6.75. The lowest BCUT2D eigenvalue weighted by Crippen LogP contribution is -2.51. The van der Waals surface area contributed by atoms with Gasteiger partial charge >= 0.3 is 11.9 Å². The Labute approximate surface area is 128 Å². The van der Waals surface area contributed by atoms with Gasteiger partial charge in [0.15, 0.2) is 0 Å². The first kappa shape index (κ1) is 16.4. The standard InChI is InChI=1S/C14H17NO6S/c1-21-14(18)10-7-8-15(12(9-10)13(16)17)22(19,20)11-5-3-2-4-6-11/h2-6,10,12H,7-9H2,1H3,(H,16,17). The fourth-order valence-corrected chi connectivity index (χ4v) is 4.19. The summed E-state index contributed by atoms with van der Waals surface area (Å²) in [5.74, 6) is -2.38. The molecule has 2 unspecified atom stereocenters. The molecule has 1 aromatic carbocycles. The molecule has 2 atom stereocenters. The molecule has 7 nitrogen and oxygen atoms in total. The Morgan fingerprint density at radius 1 is 1.27 bits per heavy atom. The number of sulfonamides is 1. The molecule has 1 N–H and O–H groups in total. The van der Waals surface area contributed by atoms with E-state index < -0.39 is 33.9 Å². The lowest BCUT2D eigenvalue weighted by Gasteiger charge is -2.35. The van der Waals surface area contributed by atoms with Crippen molar-refractivity contribution in [3.8, 4) is 0 Å². The Balaban J connectivity index is 2.31. The van der Waals surface area contributed by atoms with Gasteiger partial charge in [-0.3, -0.25) is 9.59 Å². The van der Waals surface area contributed by atoms with Crippen molar-refractivity contribution in [2.24, 2.45) is 5.92 Å². The van der Waals surface area contributed by atoms with Gasteiger partial charge in [-0.05, 0) is 25.0 Å². The van der Waals surface area contributed by atoms with Crippen LogP contribution in [0.3, 0.4) is 0 Å². The summed E-state index contributed by atoms with van der Waals surface area (Å²) < 4.78 is 30.8. The maximum absolute atomic E-state index is 12.6. The van der Waals surface area contributed by atoms with Crippen LogP contribution in [0, 0.1) is 5.92 Å². The number of hydrogen-bond donors (Lipinski definition) is 1. The molecule has 1 saturated heterocycles. The fourth-order valence-electron chi connectivity index (χ4n) is 2.56. The molecular formula is C14H17NO6S. The molecule has 2 rings (SSSR count). The Kier molecular flexibility index (Phi) is 4.82. The van der Waals surface area contributed by atoms with Gasteiger partial charge in [-0.25, -0.2) is 8.42 Å². The van der Waals surface area contributed by atoms with E-state index in [1.54, 1.807) is 18.2 Å². The molecule has 1 heterocycles. The Bertz CT molecular complexity index is 657. The normalized spacial score (nSPS) is 23.0. The molecule has 1 aromatic rings. The quantitative estimate of drug-likeness (QED) is 0.818. The van der Waals surface area contributed by atoms with Crippen LogP contribution in [-0.4, -0.2) is 49.5 Å². The minimum Gasteiger partial charge on any atom is -0.480 e. The van der Waals surface area contributed by atoms with E-state index in [9.17, 15) is 23.1 Å². The Morgan fingerprint density at radius 2 is 1.91 bits per heavy atom. The Morgan fingerprint density at radius 3 is 2.45 bits per heavy atom. The highest BCUT2D eigenvalue weighted by Gasteiger charge is 2.42. The van der Waals surface area contributed by atoms with E-state index in [1.165, 1.54) is 19.2 Å². The van der Waals surface area contributed by atoms with Crippen molar-refractivity contribution in [1.82, 2.24) is 4.31 Å². The molecule has 0 aliphatic carbocycles. The third-order valence-corrected chi connectivity index (χ3v) is 5.65. The first-order chi connectivity index (χ1) is 10.4. The van der Waals surface area contributed by atoms with E-state index in [2.05, 4.69) is 4.74 Å². The van der Waals surface area contributed by atoms with E-state index in [1.807, 2.05) is 0 Å². The van der Waals surface area contributed by atoms with E-state index in [4.69, 9.17) is 0 Å². The third kappa shape index (κ3) is 3.12. The minimum atomic E-state index is -3.91. The molecule has 1 aliphatic heterocycles. The van der Waals surface area contributed by atoms with Crippen LogP contribution < -0.4 is 0 Å². The van der Waals surface area contributed by atoms with Gasteiger partial charge in [0.25, 0.3) is 0 Å². The van der Waals surface area contributed by atoms with Crippen molar-refractivity contribution in [3.63, 3.8) is 0 Å². The zero-order valence-electron chi connectivity index (χ0n) is 12.0. The summed E-state index contributed by atoms with van der Waals surface area (Å²) in [7, 11) is -2.68. The third-order valence-electron chi connectivity index (χ3n) is 3.72. The number of esters is 1. The van der Waals surface area contributed by atoms with E-state index >= 15 is 0 Å². The molecule has 22 heavy (non-hydrogen) atoms. The van der Waals surface area contributed by atoms with Crippen LogP contribution >= 0.6 is 0 Å². The summed E-state index contributed by atoms with van der Waals surface area (Å²) in [5.41, 5.74) is 0. The largest absolute Gasteiger partial charge is 0.480 e. The smallest absolute Gasteiger partial charge is 0.322 e. The van der Waals surface area contributed by atoms with Gasteiger partial charge in [0.2, 0.25) is 10.0 Å². The summed E-state index contributed by atoms with van der Waals surface area (Å²) in [6, 6.07) is 6.38. The van der Waals surface area contributed by atoms with Crippen LogP contribution in [0.5, 0.6) is 0 Å². The number of carbonyl (C=O) groups excluding carboxylic acids is 1. The highest BCUT2D eigenvalue weighted by atomic mass is 32.2. The molecule has 0 amide bonds. The summed E-state index contributed by atoms with van der Waals surface area (Å²) in [4.78, 5) is 23.1. The topological polar surface area (TPSA) is 101 Å². The van der Waals surface area contributed by atoms with Gasteiger partial charge < -0.3 is 9.84 Å². The minimum absolute atomic E-state index is 0.0338. The summed E-state index contributed by atoms with van der Waals surface area (Å²) in [5, 5.41) is 9.33. The van der Waals surface area contributed by atoms with Gasteiger partial charge in [0.1, 0.15) is 6.04 Å². The predicted molar refractivity (Wildman–Crippen MR) is 76.5 cm³/mol. The van der Waals surface area contributed by atoms with Gasteiger partial charge in [-0.2, -0.15) is 4.31 Å². The average Bonchev–Trinajstić information content (AvgIpc) is 2.54. The number of ether oxygens (including phenoxy) is 1. The molecule has 0 aromatic heterocycles. The number of aliphatic carboxylic acids is 1. The number of rotatable bonds is 4. The predicted octanol–water partition coefficient (Wildman–Crippen LogP) is 0.713. The highest BCUT2D eigenvalue weighted by Crippen LogP contribution is 2.29. The molecule has 8 heteroatoms. The molecule has 1 aliphatic rings. The maximum atomic E-state index is 12.6. The van der Waals surface area contributed by atoms with E-state index in [0.29, 0.717) is 0 Å². The molecule has 0 radical (unpaired) electrons. The van der Waals surface area contributed by atoms with Gasteiger partial charge in [0, 0.05) is 6.54 Å². The number of piperidine rings is 1. The number of carboxylic acid groups (broad SMARTS) is 1. The second-order valence-corrected chi connectivity index (χ2v) is 6.92. The molecule has 1 fully saturated rings. The fraction of sp³-hybridized carbons (Fsp3) is 0.429. The number of benzene rings is 1. The monoisotopic (exact) mass is 327 g/mol. The zero-order valence-corrected chi connectivity index (χ0v) is 12.8. The summed E-state index contributed by atoms with van der Waals surface area (Å²) >= 11 is 0. The van der Waals surface area contributed by atoms with Crippen LogP contribution in [0.2, 0.25) is 0 Å². The first-order valence-corrected chi connectivity index (χ1v) is 8.19. The van der Waals surface area contributed by atoms with Crippen molar-refractivity contribution in [2.45, 2.75) is 23.8 Å². The lowest BCUT2D eigenvalue weighted by atomic mass is 9.92. The second-order valence-electron chi connectivity index (χ2n) is 5.03. The van der Waals surface area contributed by atoms with Gasteiger partial charge in [0.05, 0.1) is 17.9 Å². The van der Waals surface area contributed by atoms with Crippen molar-refractivity contribution < 1.29 is 27.9 Å². The van der Waals surface area contributed by atoms with Crippen molar-refractivity contribution in [2.75, 3.05) is 13.7 Å². The molecule has 0 bridgehead atoms. The van der Waals surface area contributed by atoms with Crippen molar-refractivity contribution in [3.05, 3.63) is 30.3 Å².